The minimum Gasteiger partial charge on any atom is -0.353 e. The van der Waals surface area contributed by atoms with E-state index >= 15 is 0 Å². The molecule has 0 aliphatic carbocycles. The normalized spacial score (nSPS) is 17.1. The van der Waals surface area contributed by atoms with Gasteiger partial charge in [0.05, 0.1) is 10.6 Å². The van der Waals surface area contributed by atoms with Gasteiger partial charge in [-0.3, -0.25) is 9.59 Å². The molecular formula is C17H23Cl2N3O2. The molecule has 24 heavy (non-hydrogen) atoms. The number of halogens is 2. The third-order valence-electron chi connectivity index (χ3n) is 4.00. The van der Waals surface area contributed by atoms with Crippen LogP contribution in [0.5, 0.6) is 0 Å². The van der Waals surface area contributed by atoms with Crippen LogP contribution >= 0.6 is 23.2 Å². The molecule has 0 aromatic heterocycles. The van der Waals surface area contributed by atoms with E-state index in [2.05, 4.69) is 17.6 Å². The molecule has 5 nitrogen and oxygen atoms in total. The molecule has 2 amide bonds. The summed E-state index contributed by atoms with van der Waals surface area (Å²) in [5, 5.41) is 6.91. The SMILES string of the molecule is CCCNCCNC(=O)C1CCCN1C(=O)c1cc(Cl)ccc1Cl. The van der Waals surface area contributed by atoms with Crippen molar-refractivity contribution < 1.29 is 9.59 Å². The standard InChI is InChI=1S/C17H23Cl2N3O2/c1-2-7-20-8-9-21-16(23)15-4-3-10-22(15)17(24)13-11-12(18)5-6-14(13)19/h5-6,11,15,20H,2-4,7-10H2,1H3,(H,21,23). The lowest BCUT2D eigenvalue weighted by molar-refractivity contribution is -0.124. The molecule has 1 saturated heterocycles. The molecule has 1 atom stereocenters. The van der Waals surface area contributed by atoms with Crippen molar-refractivity contribution in [1.82, 2.24) is 15.5 Å². The van der Waals surface area contributed by atoms with Gasteiger partial charge in [0.2, 0.25) is 5.91 Å². The molecule has 0 bridgehead atoms. The lowest BCUT2D eigenvalue weighted by atomic mass is 10.1. The lowest BCUT2D eigenvalue weighted by Gasteiger charge is -2.24. The molecule has 1 aliphatic heterocycles. The Morgan fingerprint density at radius 2 is 2.04 bits per heavy atom. The highest BCUT2D eigenvalue weighted by atomic mass is 35.5. The van der Waals surface area contributed by atoms with Crippen molar-refractivity contribution in [3.05, 3.63) is 33.8 Å². The lowest BCUT2D eigenvalue weighted by Crippen LogP contribution is -2.47. The number of carbonyl (C=O) groups excluding carboxylic acids is 2. The fourth-order valence-corrected chi connectivity index (χ4v) is 3.16. The van der Waals surface area contributed by atoms with Crippen LogP contribution in [0.4, 0.5) is 0 Å². The Kier molecular flexibility index (Phi) is 7.34. The summed E-state index contributed by atoms with van der Waals surface area (Å²) in [7, 11) is 0. The number of likely N-dealkylation sites (tertiary alicyclic amines) is 1. The molecule has 0 saturated carbocycles. The summed E-state index contributed by atoms with van der Waals surface area (Å²) in [6, 6.07) is 4.34. The first kappa shape index (κ1) is 19.0. The summed E-state index contributed by atoms with van der Waals surface area (Å²) in [5.74, 6) is -0.360. The van der Waals surface area contributed by atoms with Crippen molar-refractivity contribution >= 4 is 35.0 Å². The van der Waals surface area contributed by atoms with Gasteiger partial charge < -0.3 is 15.5 Å². The topological polar surface area (TPSA) is 61.4 Å². The molecule has 1 fully saturated rings. The maximum atomic E-state index is 12.7. The minimum atomic E-state index is -0.446. The maximum Gasteiger partial charge on any atom is 0.256 e. The first-order chi connectivity index (χ1) is 11.5. The monoisotopic (exact) mass is 371 g/mol. The second-order valence-electron chi connectivity index (χ2n) is 5.82. The highest BCUT2D eigenvalue weighted by molar-refractivity contribution is 6.35. The van der Waals surface area contributed by atoms with Crippen LogP contribution in [0.25, 0.3) is 0 Å². The molecule has 1 aliphatic rings. The molecule has 1 heterocycles. The second kappa shape index (κ2) is 9.25. The van der Waals surface area contributed by atoms with E-state index in [-0.39, 0.29) is 11.8 Å². The molecule has 1 aromatic rings. The molecule has 1 unspecified atom stereocenters. The molecule has 2 rings (SSSR count). The van der Waals surface area contributed by atoms with Crippen molar-refractivity contribution in [3.63, 3.8) is 0 Å². The minimum absolute atomic E-state index is 0.114. The van der Waals surface area contributed by atoms with Gasteiger partial charge in [-0.05, 0) is 44.0 Å². The van der Waals surface area contributed by atoms with Gasteiger partial charge in [-0.25, -0.2) is 0 Å². The Morgan fingerprint density at radius 3 is 2.79 bits per heavy atom. The number of amides is 2. The van der Waals surface area contributed by atoms with Gasteiger partial charge in [0.1, 0.15) is 6.04 Å². The van der Waals surface area contributed by atoms with Crippen molar-refractivity contribution in [2.45, 2.75) is 32.2 Å². The van der Waals surface area contributed by atoms with Gasteiger partial charge >= 0.3 is 0 Å². The van der Waals surface area contributed by atoms with E-state index in [1.54, 1.807) is 23.1 Å². The van der Waals surface area contributed by atoms with Gasteiger partial charge in [-0.2, -0.15) is 0 Å². The number of nitrogens with zero attached hydrogens (tertiary/aromatic N) is 1. The van der Waals surface area contributed by atoms with Gasteiger partial charge in [0.25, 0.3) is 5.91 Å². The predicted molar refractivity (Wildman–Crippen MR) is 96.7 cm³/mol. The summed E-state index contributed by atoms with van der Waals surface area (Å²) in [5.41, 5.74) is 0.341. The van der Waals surface area contributed by atoms with Crippen molar-refractivity contribution in [1.29, 1.82) is 0 Å². The number of benzene rings is 1. The molecule has 0 radical (unpaired) electrons. The highest BCUT2D eigenvalue weighted by Gasteiger charge is 2.35. The van der Waals surface area contributed by atoms with E-state index in [1.807, 2.05) is 0 Å². The van der Waals surface area contributed by atoms with Gasteiger partial charge in [-0.1, -0.05) is 30.1 Å². The Labute approximate surface area is 152 Å². The number of rotatable bonds is 7. The zero-order valence-electron chi connectivity index (χ0n) is 13.8. The average Bonchev–Trinajstić information content (AvgIpc) is 3.06. The fraction of sp³-hybridized carbons (Fsp3) is 0.529. The molecule has 0 spiro atoms. The predicted octanol–water partition coefficient (Wildman–Crippen LogP) is 2.71. The summed E-state index contributed by atoms with van der Waals surface area (Å²) >= 11 is 12.1. The van der Waals surface area contributed by atoms with E-state index in [9.17, 15) is 9.59 Å². The Bertz CT molecular complexity index is 595. The van der Waals surface area contributed by atoms with Crippen LogP contribution in [0.2, 0.25) is 10.0 Å². The zero-order chi connectivity index (χ0) is 17.5. The largest absolute Gasteiger partial charge is 0.353 e. The van der Waals surface area contributed by atoms with E-state index in [1.165, 1.54) is 0 Å². The van der Waals surface area contributed by atoms with Gasteiger partial charge in [0, 0.05) is 24.7 Å². The van der Waals surface area contributed by atoms with Gasteiger partial charge in [-0.15, -0.1) is 0 Å². The Hall–Kier alpha value is -1.30. The van der Waals surface area contributed by atoms with Crippen LogP contribution < -0.4 is 10.6 Å². The third-order valence-corrected chi connectivity index (χ3v) is 4.57. The van der Waals surface area contributed by atoms with Gasteiger partial charge in [0.15, 0.2) is 0 Å². The molecular weight excluding hydrogens is 349 g/mol. The van der Waals surface area contributed by atoms with Crippen LogP contribution in [-0.2, 0) is 4.79 Å². The molecule has 132 valence electrons. The zero-order valence-corrected chi connectivity index (χ0v) is 15.3. The Morgan fingerprint density at radius 1 is 1.25 bits per heavy atom. The maximum absolute atomic E-state index is 12.7. The summed E-state index contributed by atoms with van der Waals surface area (Å²) < 4.78 is 0. The van der Waals surface area contributed by atoms with E-state index in [0.717, 1.165) is 25.9 Å². The summed E-state index contributed by atoms with van der Waals surface area (Å²) in [6.07, 6.45) is 2.52. The number of hydrogen-bond acceptors (Lipinski definition) is 3. The number of hydrogen-bond donors (Lipinski definition) is 2. The van der Waals surface area contributed by atoms with Crippen LogP contribution in [0.15, 0.2) is 18.2 Å². The smallest absolute Gasteiger partial charge is 0.256 e. The summed E-state index contributed by atoms with van der Waals surface area (Å²) in [6.45, 7) is 4.84. The van der Waals surface area contributed by atoms with E-state index in [0.29, 0.717) is 35.1 Å². The highest BCUT2D eigenvalue weighted by Crippen LogP contribution is 2.26. The fourth-order valence-electron chi connectivity index (χ4n) is 2.79. The number of carbonyl (C=O) groups is 2. The second-order valence-corrected chi connectivity index (χ2v) is 6.67. The summed E-state index contributed by atoms with van der Waals surface area (Å²) in [4.78, 5) is 26.7. The Balaban J connectivity index is 1.98. The first-order valence-electron chi connectivity index (χ1n) is 8.29. The van der Waals surface area contributed by atoms with Crippen LogP contribution in [0.1, 0.15) is 36.5 Å². The third kappa shape index (κ3) is 4.85. The first-order valence-corrected chi connectivity index (χ1v) is 9.04. The van der Waals surface area contributed by atoms with Crippen molar-refractivity contribution in [3.8, 4) is 0 Å². The van der Waals surface area contributed by atoms with Crippen LogP contribution in [-0.4, -0.2) is 48.9 Å². The van der Waals surface area contributed by atoms with E-state index in [4.69, 9.17) is 23.2 Å². The van der Waals surface area contributed by atoms with Crippen molar-refractivity contribution in [2.75, 3.05) is 26.2 Å². The number of nitrogens with one attached hydrogen (secondary N) is 2. The quantitative estimate of drug-likeness (QED) is 0.724. The van der Waals surface area contributed by atoms with Crippen LogP contribution in [0.3, 0.4) is 0 Å². The van der Waals surface area contributed by atoms with Crippen LogP contribution in [0, 0.1) is 0 Å². The molecule has 1 aromatic carbocycles. The molecule has 2 N–H and O–H groups in total. The average molecular weight is 372 g/mol. The molecule has 7 heteroatoms. The van der Waals surface area contributed by atoms with Crippen molar-refractivity contribution in [2.24, 2.45) is 0 Å². The van der Waals surface area contributed by atoms with E-state index < -0.39 is 6.04 Å².